The summed E-state index contributed by atoms with van der Waals surface area (Å²) in [5.41, 5.74) is -0.701. The first-order valence-corrected chi connectivity index (χ1v) is 17.8. The lowest BCUT2D eigenvalue weighted by atomic mass is 10.0. The highest BCUT2D eigenvalue weighted by atomic mass is 35.5. The van der Waals surface area contributed by atoms with Crippen molar-refractivity contribution in [3.63, 3.8) is 0 Å². The first-order valence-electron chi connectivity index (χ1n) is 17.5. The van der Waals surface area contributed by atoms with E-state index in [1.54, 1.807) is 18.2 Å². The minimum absolute atomic E-state index is 0.0652. The van der Waals surface area contributed by atoms with Gasteiger partial charge in [-0.25, -0.2) is 14.6 Å². The minimum Gasteiger partial charge on any atom is -0.488 e. The Morgan fingerprint density at radius 3 is 2.67 bits per heavy atom. The van der Waals surface area contributed by atoms with Gasteiger partial charge in [0.25, 0.3) is 0 Å². The highest BCUT2D eigenvalue weighted by molar-refractivity contribution is 6.35. The van der Waals surface area contributed by atoms with Gasteiger partial charge >= 0.3 is 12.1 Å². The number of fused-ring (bicyclic) bond motifs is 3. The van der Waals surface area contributed by atoms with Crippen molar-refractivity contribution >= 4 is 46.4 Å². The summed E-state index contributed by atoms with van der Waals surface area (Å²) >= 11 is 6.50. The number of benzene rings is 1. The molecule has 3 heterocycles. The summed E-state index contributed by atoms with van der Waals surface area (Å²) in [5.74, 6) is -0.847. The van der Waals surface area contributed by atoms with Crippen LogP contribution in [0.4, 0.5) is 4.79 Å². The van der Waals surface area contributed by atoms with Crippen LogP contribution in [0.15, 0.2) is 36.4 Å². The lowest BCUT2D eigenvalue weighted by molar-refractivity contribution is -0.148. The second-order valence-corrected chi connectivity index (χ2v) is 13.8. The molecule has 6 rings (SSSR count). The van der Waals surface area contributed by atoms with E-state index < -0.39 is 47.6 Å². The fourth-order valence-corrected chi connectivity index (χ4v) is 7.53. The van der Waals surface area contributed by atoms with Crippen molar-refractivity contribution in [3.8, 4) is 11.6 Å². The summed E-state index contributed by atoms with van der Waals surface area (Å²) < 4.78 is 23.0. The van der Waals surface area contributed by atoms with Crippen molar-refractivity contribution in [1.29, 1.82) is 0 Å². The Kier molecular flexibility index (Phi) is 10.8. The molecule has 49 heavy (non-hydrogen) atoms. The zero-order chi connectivity index (χ0) is 34.5. The van der Waals surface area contributed by atoms with E-state index in [1.807, 2.05) is 25.1 Å². The first kappa shape index (κ1) is 34.8. The SMILES string of the molecule is CCOc1cc(O[C@@H]2C[C@H]3C(=O)N[C@]4(C(=O)OC)C[C@@H]4/C=C\CCCCC[C@H](NC(=O)OC4CCCC4)C(=O)N3C2)c2cccc(Cl)c2n1. The molecule has 3 fully saturated rings. The minimum atomic E-state index is -1.21. The second-order valence-electron chi connectivity index (χ2n) is 13.3. The third-order valence-electron chi connectivity index (χ3n) is 9.97. The molecule has 3 amide bonds. The molecule has 0 spiro atoms. The van der Waals surface area contributed by atoms with Gasteiger partial charge in [0.05, 0.1) is 30.8 Å². The molecule has 0 unspecified atom stereocenters. The van der Waals surface area contributed by atoms with Gasteiger partial charge < -0.3 is 34.5 Å². The third kappa shape index (κ3) is 7.74. The molecule has 264 valence electrons. The Morgan fingerprint density at radius 1 is 1.10 bits per heavy atom. The molecule has 0 radical (unpaired) electrons. The Hall–Kier alpha value is -4.06. The summed E-state index contributed by atoms with van der Waals surface area (Å²) in [6.45, 7) is 2.29. The Balaban J connectivity index is 1.30. The zero-order valence-corrected chi connectivity index (χ0v) is 28.8. The van der Waals surface area contributed by atoms with Gasteiger partial charge in [-0.1, -0.05) is 42.7 Å². The smallest absolute Gasteiger partial charge is 0.408 e. The van der Waals surface area contributed by atoms with Crippen molar-refractivity contribution in [2.24, 2.45) is 5.92 Å². The number of pyridine rings is 1. The fraction of sp³-hybridized carbons (Fsp3) is 0.583. The molecular formula is C36H45ClN4O8. The summed E-state index contributed by atoms with van der Waals surface area (Å²) in [7, 11) is 1.30. The van der Waals surface area contributed by atoms with Crippen molar-refractivity contribution in [2.45, 2.75) is 107 Å². The maximum atomic E-state index is 14.4. The van der Waals surface area contributed by atoms with E-state index in [2.05, 4.69) is 15.6 Å². The van der Waals surface area contributed by atoms with Crippen LogP contribution in [-0.2, 0) is 23.9 Å². The molecule has 13 heteroatoms. The maximum absolute atomic E-state index is 14.4. The number of nitrogens with one attached hydrogen (secondary N) is 2. The number of aromatic nitrogens is 1. The number of esters is 1. The molecule has 1 aromatic heterocycles. The van der Waals surface area contributed by atoms with Crippen LogP contribution in [0.1, 0.15) is 77.6 Å². The van der Waals surface area contributed by atoms with Crippen molar-refractivity contribution in [1.82, 2.24) is 20.5 Å². The number of ether oxygens (including phenoxy) is 4. The van der Waals surface area contributed by atoms with Gasteiger partial charge in [-0.2, -0.15) is 0 Å². The van der Waals surface area contributed by atoms with Crippen LogP contribution in [0.5, 0.6) is 11.6 Å². The molecule has 4 aliphatic rings. The standard InChI is InChI=1S/C36H45ClN4O8/c1-3-47-30-19-29(25-15-11-16-26(37)31(25)39-30)48-24-18-28-32(42)40-36(34(44)46-2)20-22(36)12-7-5-4-6-8-17-27(33(43)41(28)21-24)38-35(45)49-23-13-9-10-14-23/h7,11-12,15-16,19,22-24,27-28H,3-6,8-10,13-14,17-18,20-21H2,1-2H3,(H,38,45)(H,40,42)/b12-7-/t22-,24+,27-,28-,36+/m0/s1. The van der Waals surface area contributed by atoms with Crippen LogP contribution in [0.25, 0.3) is 10.9 Å². The van der Waals surface area contributed by atoms with E-state index in [0.717, 1.165) is 44.9 Å². The number of halogens is 1. The average molecular weight is 697 g/mol. The van der Waals surface area contributed by atoms with Crippen LogP contribution in [0.2, 0.25) is 5.02 Å². The molecule has 12 nitrogen and oxygen atoms in total. The predicted octanol–water partition coefficient (Wildman–Crippen LogP) is 5.24. The number of nitrogens with zero attached hydrogens (tertiary/aromatic N) is 2. The molecule has 5 atom stereocenters. The van der Waals surface area contributed by atoms with Gasteiger partial charge in [-0.15, -0.1) is 0 Å². The predicted molar refractivity (Wildman–Crippen MR) is 181 cm³/mol. The topological polar surface area (TPSA) is 145 Å². The quantitative estimate of drug-likeness (QED) is 0.293. The van der Waals surface area contributed by atoms with Crippen molar-refractivity contribution in [2.75, 3.05) is 20.3 Å². The highest BCUT2D eigenvalue weighted by Gasteiger charge is 2.62. The summed E-state index contributed by atoms with van der Waals surface area (Å²) in [4.78, 5) is 60.6. The van der Waals surface area contributed by atoms with E-state index in [-0.39, 0.29) is 25.0 Å². The van der Waals surface area contributed by atoms with Crippen molar-refractivity contribution < 1.29 is 38.1 Å². The van der Waals surface area contributed by atoms with E-state index in [0.29, 0.717) is 53.4 Å². The normalized spacial score (nSPS) is 28.3. The van der Waals surface area contributed by atoms with E-state index >= 15 is 0 Å². The molecular weight excluding hydrogens is 652 g/mol. The number of allylic oxidation sites excluding steroid dienone is 1. The molecule has 2 saturated carbocycles. The van der Waals surface area contributed by atoms with Crippen LogP contribution in [-0.4, -0.2) is 83.9 Å². The summed E-state index contributed by atoms with van der Waals surface area (Å²) in [5, 5.41) is 6.87. The van der Waals surface area contributed by atoms with E-state index in [4.69, 9.17) is 30.5 Å². The lowest BCUT2D eigenvalue weighted by Crippen LogP contribution is -2.56. The number of hydrogen-bond donors (Lipinski definition) is 2. The van der Waals surface area contributed by atoms with Gasteiger partial charge in [0.15, 0.2) is 0 Å². The molecule has 2 aliphatic heterocycles. The van der Waals surface area contributed by atoms with Gasteiger partial charge in [-0.3, -0.25) is 9.59 Å². The molecule has 1 aromatic carbocycles. The number of rotatable bonds is 7. The number of para-hydroxylation sites is 1. The van der Waals surface area contributed by atoms with Crippen molar-refractivity contribution in [3.05, 3.63) is 41.4 Å². The van der Waals surface area contributed by atoms with Gasteiger partial charge in [0.1, 0.15) is 35.6 Å². The van der Waals surface area contributed by atoms with Crippen LogP contribution in [0.3, 0.4) is 0 Å². The molecule has 1 saturated heterocycles. The van der Waals surface area contributed by atoms with E-state index in [9.17, 15) is 19.2 Å². The first-order chi connectivity index (χ1) is 23.7. The number of carbonyl (C=O) groups is 4. The number of methoxy groups -OCH3 is 1. The zero-order valence-electron chi connectivity index (χ0n) is 28.1. The third-order valence-corrected chi connectivity index (χ3v) is 10.3. The Bertz CT molecular complexity index is 1600. The maximum Gasteiger partial charge on any atom is 0.408 e. The monoisotopic (exact) mass is 696 g/mol. The van der Waals surface area contributed by atoms with Gasteiger partial charge in [0, 0.05) is 23.8 Å². The molecule has 2 N–H and O–H groups in total. The van der Waals surface area contributed by atoms with E-state index in [1.165, 1.54) is 12.0 Å². The van der Waals surface area contributed by atoms with Crippen LogP contribution >= 0.6 is 11.6 Å². The number of carbonyl (C=O) groups excluding carboxylic acids is 4. The summed E-state index contributed by atoms with van der Waals surface area (Å²) in [6.07, 6.45) is 10.3. The number of hydrogen-bond acceptors (Lipinski definition) is 9. The summed E-state index contributed by atoms with van der Waals surface area (Å²) in [6, 6.07) is 5.15. The fourth-order valence-electron chi connectivity index (χ4n) is 7.31. The number of alkyl carbamates (subject to hydrolysis) is 1. The Labute approximate surface area is 291 Å². The van der Waals surface area contributed by atoms with Crippen LogP contribution in [0, 0.1) is 5.92 Å². The molecule has 2 aliphatic carbocycles. The van der Waals surface area contributed by atoms with Crippen LogP contribution < -0.4 is 20.1 Å². The second kappa shape index (κ2) is 15.2. The van der Waals surface area contributed by atoms with Gasteiger partial charge in [-0.05, 0) is 70.4 Å². The largest absolute Gasteiger partial charge is 0.488 e. The Morgan fingerprint density at radius 2 is 1.90 bits per heavy atom. The number of amides is 3. The average Bonchev–Trinajstić information content (AvgIpc) is 3.37. The lowest BCUT2D eigenvalue weighted by Gasteiger charge is -2.29. The van der Waals surface area contributed by atoms with Gasteiger partial charge in [0.2, 0.25) is 17.7 Å². The molecule has 0 bridgehead atoms. The molecule has 2 aromatic rings. The highest BCUT2D eigenvalue weighted by Crippen LogP contribution is 2.46.